The van der Waals surface area contributed by atoms with Crippen LogP contribution in [0.4, 0.5) is 17.5 Å². The minimum Gasteiger partial charge on any atom is -0.339 e. The van der Waals surface area contributed by atoms with Gasteiger partial charge in [-0.15, -0.1) is 0 Å². The Hall–Kier alpha value is -2.58. The van der Waals surface area contributed by atoms with E-state index < -0.39 is 17.4 Å². The van der Waals surface area contributed by atoms with Gasteiger partial charge in [-0.1, -0.05) is 30.1 Å². The molecule has 8 nitrogen and oxygen atoms in total. The molecule has 4 rings (SSSR count). The zero-order chi connectivity index (χ0) is 22.1. The van der Waals surface area contributed by atoms with E-state index in [1.165, 1.54) is 6.07 Å². The number of benzene rings is 1. The first-order valence-electron chi connectivity index (χ1n) is 10.3. The van der Waals surface area contributed by atoms with Gasteiger partial charge >= 0.3 is 0 Å². The lowest BCUT2D eigenvalue weighted by Gasteiger charge is -2.36. The third kappa shape index (κ3) is 4.41. The normalized spacial score (nSPS) is 20.7. The Balaban J connectivity index is 1.67. The number of nitrogens with one attached hydrogen (secondary N) is 3. The van der Waals surface area contributed by atoms with E-state index in [1.807, 2.05) is 0 Å². The summed E-state index contributed by atoms with van der Waals surface area (Å²) < 4.78 is 0. The van der Waals surface area contributed by atoms with E-state index in [2.05, 4.69) is 32.4 Å². The topological polar surface area (TPSA) is 107 Å². The van der Waals surface area contributed by atoms with Crippen LogP contribution < -0.4 is 21.1 Å². The summed E-state index contributed by atoms with van der Waals surface area (Å²) in [6.45, 7) is 2.88. The zero-order valence-electron chi connectivity index (χ0n) is 17.0. The first-order chi connectivity index (χ1) is 14.9. The van der Waals surface area contributed by atoms with Crippen LogP contribution in [0.5, 0.6) is 0 Å². The van der Waals surface area contributed by atoms with Crippen molar-refractivity contribution in [2.75, 3.05) is 22.1 Å². The van der Waals surface area contributed by atoms with Crippen molar-refractivity contribution in [2.45, 2.75) is 51.0 Å². The predicted molar refractivity (Wildman–Crippen MR) is 121 cm³/mol. The molecule has 10 heteroatoms. The van der Waals surface area contributed by atoms with Gasteiger partial charge in [0.25, 0.3) is 5.56 Å². The van der Waals surface area contributed by atoms with E-state index in [4.69, 9.17) is 23.2 Å². The molecule has 0 unspecified atom stereocenters. The third-order valence-corrected chi connectivity index (χ3v) is 6.38. The summed E-state index contributed by atoms with van der Waals surface area (Å²) in [6, 6.07) is 4.95. The number of anilines is 3. The summed E-state index contributed by atoms with van der Waals surface area (Å²) in [7, 11) is 0. The number of aromatic nitrogens is 2. The number of halogens is 2. The number of carbonyl (C=O) groups excluding carboxylic acids is 2. The summed E-state index contributed by atoms with van der Waals surface area (Å²) in [5, 5.41) is 6.04. The van der Waals surface area contributed by atoms with Crippen molar-refractivity contribution in [1.29, 1.82) is 0 Å². The van der Waals surface area contributed by atoms with Crippen LogP contribution in [0, 0.1) is 0 Å². The van der Waals surface area contributed by atoms with Gasteiger partial charge < -0.3 is 15.5 Å². The van der Waals surface area contributed by atoms with Crippen LogP contribution in [0.25, 0.3) is 0 Å². The summed E-state index contributed by atoms with van der Waals surface area (Å²) in [5.74, 6) is -1.33. The lowest BCUT2D eigenvalue weighted by atomic mass is 9.92. The van der Waals surface area contributed by atoms with Crippen LogP contribution in [0.15, 0.2) is 23.0 Å². The predicted octanol–water partition coefficient (Wildman–Crippen LogP) is 3.91. The Bertz CT molecular complexity index is 1090. The highest BCUT2D eigenvalue weighted by molar-refractivity contribution is 6.35. The molecule has 0 aliphatic carbocycles. The van der Waals surface area contributed by atoms with Gasteiger partial charge in [-0.3, -0.25) is 19.4 Å². The van der Waals surface area contributed by atoms with E-state index in [9.17, 15) is 14.4 Å². The Labute approximate surface area is 189 Å². The van der Waals surface area contributed by atoms with Crippen LogP contribution >= 0.6 is 23.2 Å². The summed E-state index contributed by atoms with van der Waals surface area (Å²) in [4.78, 5) is 47.8. The van der Waals surface area contributed by atoms with E-state index in [1.54, 1.807) is 12.1 Å². The molecule has 1 saturated heterocycles. The molecule has 1 aromatic carbocycles. The highest BCUT2D eigenvalue weighted by atomic mass is 35.5. The first-order valence-corrected chi connectivity index (χ1v) is 11.1. The van der Waals surface area contributed by atoms with Crippen molar-refractivity contribution < 1.29 is 9.59 Å². The maximum absolute atomic E-state index is 13.0. The monoisotopic (exact) mass is 463 g/mol. The van der Waals surface area contributed by atoms with Crippen molar-refractivity contribution >= 4 is 52.5 Å². The van der Waals surface area contributed by atoms with E-state index in [0.717, 1.165) is 32.2 Å². The number of aromatic amines is 1. The van der Waals surface area contributed by atoms with Gasteiger partial charge in [-0.2, -0.15) is 4.98 Å². The Kier molecular flexibility index (Phi) is 6.20. The lowest BCUT2D eigenvalue weighted by Crippen LogP contribution is -2.43. The number of rotatable bonds is 4. The lowest BCUT2D eigenvalue weighted by molar-refractivity contribution is -0.123. The number of piperidine rings is 1. The van der Waals surface area contributed by atoms with Gasteiger partial charge in [0.15, 0.2) is 0 Å². The molecule has 0 bridgehead atoms. The summed E-state index contributed by atoms with van der Waals surface area (Å²) >= 11 is 12.1. The average molecular weight is 464 g/mol. The van der Waals surface area contributed by atoms with E-state index >= 15 is 0 Å². The second-order valence-corrected chi connectivity index (χ2v) is 8.67. The van der Waals surface area contributed by atoms with Crippen molar-refractivity contribution in [3.63, 3.8) is 0 Å². The zero-order valence-corrected chi connectivity index (χ0v) is 18.5. The highest BCUT2D eigenvalue weighted by Crippen LogP contribution is 2.33. The molecule has 0 saturated carbocycles. The molecule has 2 aliphatic heterocycles. The highest BCUT2D eigenvalue weighted by Gasteiger charge is 2.36. The van der Waals surface area contributed by atoms with Crippen molar-refractivity contribution in [1.82, 2.24) is 9.97 Å². The van der Waals surface area contributed by atoms with E-state index in [-0.39, 0.29) is 29.8 Å². The van der Waals surface area contributed by atoms with Crippen molar-refractivity contribution in [2.24, 2.45) is 0 Å². The number of H-pyrrole nitrogens is 1. The van der Waals surface area contributed by atoms with Crippen molar-refractivity contribution in [3.05, 3.63) is 44.2 Å². The number of fused-ring (bicyclic) bond motifs is 1. The molecule has 3 heterocycles. The summed E-state index contributed by atoms with van der Waals surface area (Å²) in [6.07, 6.45) is 3.93. The van der Waals surface area contributed by atoms with Gasteiger partial charge in [0.2, 0.25) is 17.8 Å². The smallest absolute Gasteiger partial charge is 0.258 e. The molecular formula is C21H23Cl2N5O3. The fraction of sp³-hybridized carbons (Fsp3) is 0.429. The molecule has 0 radical (unpaired) electrons. The fourth-order valence-corrected chi connectivity index (χ4v) is 4.57. The van der Waals surface area contributed by atoms with Gasteiger partial charge in [0.05, 0.1) is 22.2 Å². The molecule has 31 heavy (non-hydrogen) atoms. The van der Waals surface area contributed by atoms with E-state index in [0.29, 0.717) is 21.7 Å². The van der Waals surface area contributed by atoms with Gasteiger partial charge in [0, 0.05) is 24.0 Å². The van der Waals surface area contributed by atoms with Crippen molar-refractivity contribution in [3.8, 4) is 0 Å². The number of hydrogen-bond donors (Lipinski definition) is 3. The molecule has 3 N–H and O–H groups in total. The molecule has 1 fully saturated rings. The van der Waals surface area contributed by atoms with Crippen LogP contribution in [-0.4, -0.2) is 34.4 Å². The van der Waals surface area contributed by atoms with Crippen LogP contribution in [0.2, 0.25) is 10.0 Å². The molecule has 2 aliphatic rings. The second kappa shape index (κ2) is 8.88. The molecular weight excluding hydrogens is 441 g/mol. The van der Waals surface area contributed by atoms with Crippen LogP contribution in [-0.2, 0) is 9.59 Å². The fourth-order valence-electron chi connectivity index (χ4n) is 4.24. The number of nitrogens with zero attached hydrogens (tertiary/aromatic N) is 2. The van der Waals surface area contributed by atoms with Gasteiger partial charge in [0.1, 0.15) is 5.82 Å². The largest absolute Gasteiger partial charge is 0.339 e. The minimum atomic E-state index is -0.993. The standard InChI is InChI=1S/C21H23Cl2N5O3/c1-2-12-5-3-4-8-28(12)21-26-18-17(20(31)27-21)13(10-16(29)25-18)19(30)24-15-9-11(22)6-7-14(15)23/h6-7,9,12-13H,2-5,8,10H2,1H3,(H,24,30)(H2,25,26,27,29,31)/t12-,13-/m1/s1. The Morgan fingerprint density at radius 2 is 2.10 bits per heavy atom. The maximum Gasteiger partial charge on any atom is 0.258 e. The molecule has 1 aromatic heterocycles. The molecule has 2 atom stereocenters. The SMILES string of the molecule is CC[C@@H]1CCCCN1c1nc2c(c(=O)[nH]1)[C@H](C(=O)Nc1cc(Cl)ccc1Cl)CC(=O)N2. The quantitative estimate of drug-likeness (QED) is 0.636. The van der Waals surface area contributed by atoms with Gasteiger partial charge in [-0.05, 0) is 43.9 Å². The second-order valence-electron chi connectivity index (χ2n) is 7.82. The Morgan fingerprint density at radius 1 is 1.29 bits per heavy atom. The molecule has 2 aromatic rings. The maximum atomic E-state index is 13.0. The minimum absolute atomic E-state index is 0.132. The number of carbonyl (C=O) groups is 2. The molecule has 164 valence electrons. The third-order valence-electron chi connectivity index (χ3n) is 5.81. The Morgan fingerprint density at radius 3 is 2.87 bits per heavy atom. The molecule has 2 amide bonds. The number of amides is 2. The average Bonchev–Trinajstić information content (AvgIpc) is 2.75. The number of hydrogen-bond acceptors (Lipinski definition) is 5. The van der Waals surface area contributed by atoms with Crippen LogP contribution in [0.1, 0.15) is 50.5 Å². The first kappa shape index (κ1) is 21.6. The van der Waals surface area contributed by atoms with Gasteiger partial charge in [-0.25, -0.2) is 0 Å². The van der Waals surface area contributed by atoms with Crippen LogP contribution in [0.3, 0.4) is 0 Å². The summed E-state index contributed by atoms with van der Waals surface area (Å²) in [5.41, 5.74) is 0.0219. The molecule has 0 spiro atoms.